The van der Waals surface area contributed by atoms with E-state index < -0.39 is 0 Å². The molecule has 1 N–H and O–H groups in total. The molecule has 1 saturated carbocycles. The van der Waals surface area contributed by atoms with E-state index in [1.165, 1.54) is 6.42 Å². The molecule has 22 heavy (non-hydrogen) atoms. The van der Waals surface area contributed by atoms with Crippen LogP contribution in [0.4, 0.5) is 5.95 Å². The Bertz CT molecular complexity index is 686. The fraction of sp³-hybridized carbons (Fsp3) is 0.667. The highest BCUT2D eigenvalue weighted by atomic mass is 16.5. The number of aromatic nitrogens is 3. The Kier molecular flexibility index (Phi) is 4.15. The number of likely N-dealkylation sites (N-methyl/N-ethyl adjacent to an activating group) is 1. The maximum absolute atomic E-state index is 12.5. The molecule has 0 bridgehead atoms. The fourth-order valence-corrected chi connectivity index (χ4v) is 3.36. The van der Waals surface area contributed by atoms with E-state index in [1.54, 1.807) is 0 Å². The van der Waals surface area contributed by atoms with Gasteiger partial charge in [0.15, 0.2) is 5.35 Å². The maximum atomic E-state index is 12.5. The smallest absolute Gasteiger partial charge is 0.461 e. The molecule has 0 amide bonds. The minimum Gasteiger partial charge on any atom is -0.739 e. The zero-order chi connectivity index (χ0) is 15.7. The molecule has 3 rings (SSSR count). The van der Waals surface area contributed by atoms with Crippen LogP contribution in [-0.4, -0.2) is 37.2 Å². The van der Waals surface area contributed by atoms with Crippen molar-refractivity contribution < 1.29 is 9.58 Å². The summed E-state index contributed by atoms with van der Waals surface area (Å²) in [7, 11) is 3.91. The van der Waals surface area contributed by atoms with E-state index in [4.69, 9.17) is 0 Å². The van der Waals surface area contributed by atoms with Crippen molar-refractivity contribution >= 4 is 17.6 Å². The molecule has 1 heterocycles. The van der Waals surface area contributed by atoms with Gasteiger partial charge in [0.2, 0.25) is 5.10 Å². The quantitative estimate of drug-likeness (QED) is 0.561. The van der Waals surface area contributed by atoms with Crippen molar-refractivity contribution in [1.29, 1.82) is 0 Å². The first-order chi connectivity index (χ1) is 10.6. The molecule has 7 heteroatoms. The van der Waals surface area contributed by atoms with Gasteiger partial charge in [-0.1, -0.05) is 6.42 Å². The van der Waals surface area contributed by atoms with Gasteiger partial charge in [0.05, 0.1) is 6.54 Å². The number of hydrogen-bond acceptors (Lipinski definition) is 5. The highest BCUT2D eigenvalue weighted by Gasteiger charge is 2.29. The highest BCUT2D eigenvalue weighted by molar-refractivity contribution is 5.50. The number of nitrogens with zero attached hydrogens (tertiary/aromatic N) is 4. The standard InChI is InChI=1S/C15H23N5O2/c1-18(2)10-9-16-15-17-20(22)14-12-6-4-3-5-11(12)7-8-13(14)19(15)21/h8,11,16H,3-7,9-10H2,1-2H3. The second-order valence-corrected chi connectivity index (χ2v) is 6.36. The number of hydrogen-bond donors (Lipinski definition) is 1. The molecule has 2 aliphatic rings. The average molecular weight is 305 g/mol. The largest absolute Gasteiger partial charge is 0.739 e. The molecule has 0 radical (unpaired) electrons. The third-order valence-corrected chi connectivity index (χ3v) is 4.51. The number of anilines is 1. The molecule has 1 atom stereocenters. The molecule has 0 aromatic carbocycles. The molecule has 2 aliphatic carbocycles. The summed E-state index contributed by atoms with van der Waals surface area (Å²) < 4.78 is 0.775. The first-order valence-electron chi connectivity index (χ1n) is 7.93. The van der Waals surface area contributed by atoms with Gasteiger partial charge in [-0.15, -0.1) is 0 Å². The van der Waals surface area contributed by atoms with E-state index in [0.717, 1.165) is 42.5 Å². The summed E-state index contributed by atoms with van der Waals surface area (Å²) in [6.07, 6.45) is 7.05. The van der Waals surface area contributed by atoms with Crippen molar-refractivity contribution in [2.45, 2.75) is 32.1 Å². The number of rotatable bonds is 4. The lowest BCUT2D eigenvalue weighted by molar-refractivity contribution is -0.723. The van der Waals surface area contributed by atoms with Gasteiger partial charge in [-0.3, -0.25) is 5.32 Å². The minimum absolute atomic E-state index is 0.0849. The van der Waals surface area contributed by atoms with Crippen LogP contribution in [0.3, 0.4) is 0 Å². The van der Waals surface area contributed by atoms with E-state index in [1.807, 2.05) is 25.1 Å². The van der Waals surface area contributed by atoms with Crippen LogP contribution in [0.2, 0.25) is 0 Å². The topological polar surface area (TPSA) is 82.0 Å². The second kappa shape index (κ2) is 6.08. The van der Waals surface area contributed by atoms with Crippen LogP contribution in [0.5, 0.6) is 0 Å². The average Bonchev–Trinajstić information content (AvgIpc) is 2.50. The molecular weight excluding hydrogens is 282 g/mol. The van der Waals surface area contributed by atoms with Crippen LogP contribution < -0.4 is 25.6 Å². The highest BCUT2D eigenvalue weighted by Crippen LogP contribution is 2.32. The predicted molar refractivity (Wildman–Crippen MR) is 82.9 cm³/mol. The van der Waals surface area contributed by atoms with Crippen LogP contribution in [0.1, 0.15) is 32.1 Å². The van der Waals surface area contributed by atoms with Crippen molar-refractivity contribution in [1.82, 2.24) is 10.00 Å². The number of nitrogens with one attached hydrogen (secondary N) is 1. The molecule has 1 unspecified atom stereocenters. The van der Waals surface area contributed by atoms with Crippen LogP contribution in [-0.2, 0) is 0 Å². The van der Waals surface area contributed by atoms with Gasteiger partial charge in [0.25, 0.3) is 5.35 Å². The summed E-state index contributed by atoms with van der Waals surface area (Å²) in [5.41, 5.74) is 1.12. The zero-order valence-electron chi connectivity index (χ0n) is 13.2. The first kappa shape index (κ1) is 15.0. The lowest BCUT2D eigenvalue weighted by atomic mass is 9.80. The second-order valence-electron chi connectivity index (χ2n) is 6.36. The third kappa shape index (κ3) is 2.72. The molecule has 1 aromatic heterocycles. The Labute approximate surface area is 129 Å². The molecule has 7 nitrogen and oxygen atoms in total. The van der Waals surface area contributed by atoms with Gasteiger partial charge in [-0.25, -0.2) is 4.73 Å². The zero-order valence-corrected chi connectivity index (χ0v) is 13.2. The van der Waals surface area contributed by atoms with Crippen molar-refractivity contribution in [2.24, 2.45) is 5.92 Å². The SMILES string of the molecule is CN(C)CCNc1n[n+]([O-])c2c([n+]1[O-])=CCC1CCCCC=21. The molecule has 0 saturated heterocycles. The summed E-state index contributed by atoms with van der Waals surface area (Å²) in [6.45, 7) is 1.33. The Hall–Kier alpha value is -1.89. The molecule has 1 aromatic rings. The normalized spacial score (nSPS) is 20.3. The number of fused-ring (bicyclic) bond motifs is 2. The van der Waals surface area contributed by atoms with Crippen molar-refractivity contribution in [2.75, 3.05) is 32.5 Å². The van der Waals surface area contributed by atoms with Crippen LogP contribution >= 0.6 is 0 Å². The van der Waals surface area contributed by atoms with Gasteiger partial charge in [-0.2, -0.15) is 0 Å². The van der Waals surface area contributed by atoms with Crippen LogP contribution in [0.25, 0.3) is 11.6 Å². The third-order valence-electron chi connectivity index (χ3n) is 4.51. The molecule has 0 aliphatic heterocycles. The van der Waals surface area contributed by atoms with E-state index in [-0.39, 0.29) is 5.95 Å². The molecule has 1 fully saturated rings. The maximum Gasteiger partial charge on any atom is 0.461 e. The predicted octanol–water partition coefficient (Wildman–Crippen LogP) is -1.15. The van der Waals surface area contributed by atoms with Crippen molar-refractivity contribution in [3.05, 3.63) is 21.1 Å². The summed E-state index contributed by atoms with van der Waals surface area (Å²) >= 11 is 0. The van der Waals surface area contributed by atoms with E-state index in [0.29, 0.717) is 28.0 Å². The first-order valence-corrected chi connectivity index (χ1v) is 7.93. The Morgan fingerprint density at radius 2 is 2.18 bits per heavy atom. The van der Waals surface area contributed by atoms with E-state index in [2.05, 4.69) is 10.4 Å². The van der Waals surface area contributed by atoms with Gasteiger partial charge in [-0.05, 0) is 51.8 Å². The van der Waals surface area contributed by atoms with Crippen molar-refractivity contribution in [3.63, 3.8) is 0 Å². The molecule has 120 valence electrons. The summed E-state index contributed by atoms with van der Waals surface area (Å²) in [5.74, 6) is 0.498. The van der Waals surface area contributed by atoms with Gasteiger partial charge in [0, 0.05) is 17.0 Å². The summed E-state index contributed by atoms with van der Waals surface area (Å²) in [6, 6.07) is 0. The lowest BCUT2D eigenvalue weighted by Crippen LogP contribution is -2.70. The van der Waals surface area contributed by atoms with Crippen molar-refractivity contribution in [3.8, 4) is 0 Å². The van der Waals surface area contributed by atoms with Gasteiger partial charge < -0.3 is 15.3 Å². The fourth-order valence-electron chi connectivity index (χ4n) is 3.36. The van der Waals surface area contributed by atoms with E-state index >= 15 is 0 Å². The Morgan fingerprint density at radius 3 is 2.95 bits per heavy atom. The minimum atomic E-state index is 0.0849. The van der Waals surface area contributed by atoms with Gasteiger partial charge in [0.1, 0.15) is 0 Å². The summed E-state index contributed by atoms with van der Waals surface area (Å²) in [5, 5.41) is 32.7. The lowest BCUT2D eigenvalue weighted by Gasteiger charge is -2.25. The molecular formula is C15H23N5O2. The van der Waals surface area contributed by atoms with Crippen LogP contribution in [0, 0.1) is 16.3 Å². The van der Waals surface area contributed by atoms with Crippen LogP contribution in [0.15, 0.2) is 0 Å². The Morgan fingerprint density at radius 1 is 1.36 bits per heavy atom. The van der Waals surface area contributed by atoms with Gasteiger partial charge >= 0.3 is 5.95 Å². The monoisotopic (exact) mass is 305 g/mol. The summed E-state index contributed by atoms with van der Waals surface area (Å²) in [4.78, 5) is 2.64. The van der Waals surface area contributed by atoms with E-state index in [9.17, 15) is 10.4 Å². The Balaban J connectivity index is 2.01. The molecule has 0 spiro atoms.